The predicted molar refractivity (Wildman–Crippen MR) is 114 cm³/mol. The summed E-state index contributed by atoms with van der Waals surface area (Å²) in [4.78, 5) is 12.2. The SMILES string of the molecule is COc1cc(C=CC(=O)Nc2nnc(-c3ccc(Cl)cc3)s2)cc(OC)c1OC. The molecule has 0 fully saturated rings. The number of carbonyl (C=O) groups excluding carboxylic acids is 1. The number of aromatic nitrogens is 2. The summed E-state index contributed by atoms with van der Waals surface area (Å²) in [5.41, 5.74) is 1.59. The van der Waals surface area contributed by atoms with Crippen molar-refractivity contribution in [2.24, 2.45) is 0 Å². The molecule has 1 heterocycles. The lowest BCUT2D eigenvalue weighted by molar-refractivity contribution is -0.111. The molecule has 2 aromatic carbocycles. The highest BCUT2D eigenvalue weighted by Gasteiger charge is 2.12. The molecule has 3 aromatic rings. The molecular formula is C20H18ClN3O4S. The fraction of sp³-hybridized carbons (Fsp3) is 0.150. The van der Waals surface area contributed by atoms with Crippen molar-refractivity contribution >= 4 is 40.1 Å². The largest absolute Gasteiger partial charge is 0.493 e. The number of anilines is 1. The average Bonchev–Trinajstić information content (AvgIpc) is 3.20. The Morgan fingerprint density at radius 2 is 1.69 bits per heavy atom. The van der Waals surface area contributed by atoms with Crippen molar-refractivity contribution in [2.45, 2.75) is 0 Å². The first-order valence-corrected chi connectivity index (χ1v) is 9.62. The van der Waals surface area contributed by atoms with Crippen LogP contribution in [-0.2, 0) is 4.79 Å². The topological polar surface area (TPSA) is 82.6 Å². The van der Waals surface area contributed by atoms with Gasteiger partial charge in [-0.25, -0.2) is 0 Å². The van der Waals surface area contributed by atoms with Crippen molar-refractivity contribution in [1.29, 1.82) is 0 Å². The maximum atomic E-state index is 12.2. The molecule has 29 heavy (non-hydrogen) atoms. The van der Waals surface area contributed by atoms with E-state index in [2.05, 4.69) is 15.5 Å². The molecule has 150 valence electrons. The van der Waals surface area contributed by atoms with Gasteiger partial charge in [-0.3, -0.25) is 10.1 Å². The standard InChI is InChI=1S/C20H18ClN3O4S/c1-26-15-10-12(11-16(27-2)18(15)28-3)4-9-17(25)22-20-24-23-19(29-20)13-5-7-14(21)8-6-13/h4-11H,1-3H3,(H,22,24,25). The van der Waals surface area contributed by atoms with Gasteiger partial charge in [-0.15, -0.1) is 10.2 Å². The van der Waals surface area contributed by atoms with E-state index >= 15 is 0 Å². The Balaban J connectivity index is 1.71. The summed E-state index contributed by atoms with van der Waals surface area (Å²) in [6, 6.07) is 10.7. The average molecular weight is 432 g/mol. The van der Waals surface area contributed by atoms with Crippen molar-refractivity contribution in [3.8, 4) is 27.8 Å². The maximum Gasteiger partial charge on any atom is 0.250 e. The third-order valence-electron chi connectivity index (χ3n) is 3.86. The van der Waals surface area contributed by atoms with Crippen LogP contribution < -0.4 is 19.5 Å². The Morgan fingerprint density at radius 3 is 2.28 bits per heavy atom. The summed E-state index contributed by atoms with van der Waals surface area (Å²) >= 11 is 7.16. The van der Waals surface area contributed by atoms with Gasteiger partial charge in [0.05, 0.1) is 21.3 Å². The number of rotatable bonds is 7. The molecule has 0 bridgehead atoms. The third-order valence-corrected chi connectivity index (χ3v) is 5.00. The van der Waals surface area contributed by atoms with Gasteiger partial charge in [0.2, 0.25) is 16.8 Å². The highest BCUT2D eigenvalue weighted by Crippen LogP contribution is 2.38. The molecule has 0 aliphatic heterocycles. The van der Waals surface area contributed by atoms with Crippen LogP contribution in [0.3, 0.4) is 0 Å². The fourth-order valence-electron chi connectivity index (χ4n) is 2.50. The first kappa shape index (κ1) is 20.6. The molecule has 0 atom stereocenters. The van der Waals surface area contributed by atoms with Crippen LogP contribution in [0.15, 0.2) is 42.5 Å². The molecule has 1 N–H and O–H groups in total. The number of nitrogens with one attached hydrogen (secondary N) is 1. The molecule has 0 radical (unpaired) electrons. The highest BCUT2D eigenvalue weighted by molar-refractivity contribution is 7.18. The number of nitrogens with zero attached hydrogens (tertiary/aromatic N) is 2. The summed E-state index contributed by atoms with van der Waals surface area (Å²) in [6.45, 7) is 0. The Bertz CT molecular complexity index is 1010. The van der Waals surface area contributed by atoms with Gasteiger partial charge in [0.25, 0.3) is 0 Å². The second-order valence-electron chi connectivity index (χ2n) is 5.70. The van der Waals surface area contributed by atoms with Crippen LogP contribution in [0.1, 0.15) is 5.56 Å². The molecule has 0 saturated heterocycles. The van der Waals surface area contributed by atoms with Gasteiger partial charge in [-0.05, 0) is 35.9 Å². The van der Waals surface area contributed by atoms with Gasteiger partial charge >= 0.3 is 0 Å². The Hall–Kier alpha value is -3.10. The summed E-state index contributed by atoms with van der Waals surface area (Å²) in [6.07, 6.45) is 3.03. The molecule has 0 aliphatic rings. The van der Waals surface area contributed by atoms with E-state index in [1.54, 1.807) is 30.3 Å². The van der Waals surface area contributed by atoms with Crippen LogP contribution in [0.4, 0.5) is 5.13 Å². The maximum absolute atomic E-state index is 12.2. The van der Waals surface area contributed by atoms with Crippen molar-refractivity contribution in [1.82, 2.24) is 10.2 Å². The number of methoxy groups -OCH3 is 3. The van der Waals surface area contributed by atoms with E-state index in [9.17, 15) is 4.79 Å². The molecule has 1 aromatic heterocycles. The number of halogens is 1. The number of carbonyl (C=O) groups is 1. The molecule has 9 heteroatoms. The third kappa shape index (κ3) is 5.04. The quantitative estimate of drug-likeness (QED) is 0.553. The zero-order valence-corrected chi connectivity index (χ0v) is 17.5. The van der Waals surface area contributed by atoms with E-state index in [0.717, 1.165) is 5.56 Å². The molecule has 0 aliphatic carbocycles. The molecule has 3 rings (SSSR count). The molecular weight excluding hydrogens is 414 g/mol. The van der Waals surface area contributed by atoms with Gasteiger partial charge in [-0.2, -0.15) is 0 Å². The molecule has 0 unspecified atom stereocenters. The van der Waals surface area contributed by atoms with Crippen molar-refractivity contribution in [3.63, 3.8) is 0 Å². The monoisotopic (exact) mass is 431 g/mol. The number of ether oxygens (including phenoxy) is 3. The van der Waals surface area contributed by atoms with E-state index < -0.39 is 0 Å². The molecule has 7 nitrogen and oxygen atoms in total. The number of hydrogen-bond donors (Lipinski definition) is 1. The minimum absolute atomic E-state index is 0.336. The summed E-state index contributed by atoms with van der Waals surface area (Å²) < 4.78 is 15.9. The van der Waals surface area contributed by atoms with Gasteiger partial charge in [0.1, 0.15) is 5.01 Å². The summed E-state index contributed by atoms with van der Waals surface area (Å²) in [5, 5.41) is 12.5. The Labute approximate surface area is 176 Å². The van der Waals surface area contributed by atoms with Crippen LogP contribution in [0.25, 0.3) is 16.6 Å². The lowest BCUT2D eigenvalue weighted by Crippen LogP contribution is -2.07. The van der Waals surface area contributed by atoms with Crippen LogP contribution in [-0.4, -0.2) is 37.4 Å². The lowest BCUT2D eigenvalue weighted by atomic mass is 10.1. The lowest BCUT2D eigenvalue weighted by Gasteiger charge is -2.12. The Morgan fingerprint density at radius 1 is 1.03 bits per heavy atom. The zero-order chi connectivity index (χ0) is 20.8. The van der Waals surface area contributed by atoms with Crippen molar-refractivity contribution in [2.75, 3.05) is 26.6 Å². The highest BCUT2D eigenvalue weighted by atomic mass is 35.5. The van der Waals surface area contributed by atoms with E-state index in [-0.39, 0.29) is 5.91 Å². The molecule has 1 amide bonds. The van der Waals surface area contributed by atoms with E-state index in [4.69, 9.17) is 25.8 Å². The first-order chi connectivity index (χ1) is 14.0. The molecule has 0 saturated carbocycles. The van der Waals surface area contributed by atoms with Crippen molar-refractivity contribution < 1.29 is 19.0 Å². The molecule has 0 spiro atoms. The van der Waals surface area contributed by atoms with Gasteiger partial charge in [0, 0.05) is 16.7 Å². The minimum atomic E-state index is -0.336. The number of hydrogen-bond acceptors (Lipinski definition) is 7. The zero-order valence-electron chi connectivity index (χ0n) is 15.9. The normalized spacial score (nSPS) is 10.8. The minimum Gasteiger partial charge on any atom is -0.493 e. The van der Waals surface area contributed by atoms with Gasteiger partial charge in [0.15, 0.2) is 11.5 Å². The van der Waals surface area contributed by atoms with Crippen molar-refractivity contribution in [3.05, 3.63) is 53.1 Å². The van der Waals surface area contributed by atoms with Crippen LogP contribution in [0, 0.1) is 0 Å². The van der Waals surface area contributed by atoms with E-state index in [0.29, 0.717) is 38.0 Å². The second-order valence-corrected chi connectivity index (χ2v) is 7.11. The van der Waals surface area contributed by atoms with Crippen LogP contribution in [0.5, 0.6) is 17.2 Å². The van der Waals surface area contributed by atoms with E-state index in [1.165, 1.54) is 38.7 Å². The first-order valence-electron chi connectivity index (χ1n) is 8.42. The van der Waals surface area contributed by atoms with Crippen LogP contribution in [0.2, 0.25) is 5.02 Å². The smallest absolute Gasteiger partial charge is 0.250 e. The van der Waals surface area contributed by atoms with Crippen LogP contribution >= 0.6 is 22.9 Å². The van der Waals surface area contributed by atoms with Gasteiger partial charge in [-0.1, -0.05) is 35.1 Å². The summed E-state index contributed by atoms with van der Waals surface area (Å²) in [5.74, 6) is 1.16. The van der Waals surface area contributed by atoms with E-state index in [1.807, 2.05) is 12.1 Å². The Kier molecular flexibility index (Phi) is 6.69. The fourth-order valence-corrected chi connectivity index (χ4v) is 3.38. The number of amides is 1. The van der Waals surface area contributed by atoms with Gasteiger partial charge < -0.3 is 14.2 Å². The number of benzene rings is 2. The second kappa shape index (κ2) is 9.40. The summed E-state index contributed by atoms with van der Waals surface area (Å²) in [7, 11) is 4.60. The predicted octanol–water partition coefficient (Wildman–Crippen LogP) is 4.54.